The van der Waals surface area contributed by atoms with E-state index in [4.69, 9.17) is 0 Å². The van der Waals surface area contributed by atoms with Gasteiger partial charge in [-0.15, -0.1) is 0 Å². The molecule has 0 unspecified atom stereocenters. The minimum atomic E-state index is -4.34. The Balaban J connectivity index is 2.37. The first kappa shape index (κ1) is 16.0. The lowest BCUT2D eigenvalue weighted by atomic mass is 10.0. The molecule has 0 atom stereocenters. The summed E-state index contributed by atoms with van der Waals surface area (Å²) >= 11 is 6.40. The predicted octanol–water partition coefficient (Wildman–Crippen LogP) is 6.02. The van der Waals surface area contributed by atoms with Crippen LogP contribution < -0.4 is 5.30 Å². The Morgan fingerprint density at radius 1 is 0.900 bits per heavy atom. The molecule has 0 bridgehead atoms. The van der Waals surface area contributed by atoms with E-state index in [1.165, 1.54) is 12.1 Å². The van der Waals surface area contributed by atoms with E-state index in [-0.39, 0.29) is 5.30 Å². The summed E-state index contributed by atoms with van der Waals surface area (Å²) in [4.78, 5) is 0. The summed E-state index contributed by atoms with van der Waals surface area (Å²) in [5, 5.41) is -0.893. The van der Waals surface area contributed by atoms with Gasteiger partial charge in [0.15, 0.2) is 0 Å². The molecule has 0 saturated carbocycles. The second kappa shape index (κ2) is 6.59. The number of alkyl halides is 3. The lowest BCUT2D eigenvalue weighted by molar-refractivity contribution is -0.136. The molecular formula is C14H10Br2F3P. The second-order valence-corrected chi connectivity index (χ2v) is 12.3. The molecule has 0 radical (unpaired) electrons. The zero-order valence-electron chi connectivity index (χ0n) is 10.2. The van der Waals surface area contributed by atoms with Crippen LogP contribution in [0.15, 0.2) is 48.5 Å². The number of hydrogen-bond acceptors (Lipinski definition) is 0. The summed E-state index contributed by atoms with van der Waals surface area (Å²) in [5.74, 6) is 0. The van der Waals surface area contributed by atoms with Crippen LogP contribution in [0.3, 0.4) is 0 Å². The van der Waals surface area contributed by atoms with Crippen LogP contribution in [0.4, 0.5) is 13.2 Å². The van der Waals surface area contributed by atoms with Crippen LogP contribution in [0.25, 0.3) is 0 Å². The minimum Gasteiger partial charge on any atom is -0.166 e. The molecule has 6 heteroatoms. The van der Waals surface area contributed by atoms with Crippen LogP contribution in [0.1, 0.15) is 16.7 Å². The molecule has 0 aliphatic heterocycles. The van der Waals surface area contributed by atoms with Gasteiger partial charge in [0.2, 0.25) is 0 Å². The van der Waals surface area contributed by atoms with Crippen LogP contribution in [0.2, 0.25) is 0 Å². The Morgan fingerprint density at radius 3 is 2.10 bits per heavy atom. The summed E-state index contributed by atoms with van der Waals surface area (Å²) in [6, 6.07) is 14.0. The molecule has 0 N–H and O–H groups in total. The van der Waals surface area contributed by atoms with E-state index >= 15 is 0 Å². The van der Waals surface area contributed by atoms with Crippen molar-refractivity contribution in [3.05, 3.63) is 65.2 Å². The Labute approximate surface area is 132 Å². The van der Waals surface area contributed by atoms with E-state index in [0.717, 1.165) is 5.56 Å². The van der Waals surface area contributed by atoms with Crippen LogP contribution in [0.5, 0.6) is 0 Å². The van der Waals surface area contributed by atoms with Gasteiger partial charge in [-0.1, -0.05) is 42.5 Å². The van der Waals surface area contributed by atoms with Crippen LogP contribution in [-0.4, -0.2) is 0 Å². The minimum absolute atomic E-state index is 0.254. The van der Waals surface area contributed by atoms with E-state index in [1.807, 2.05) is 30.3 Å². The highest BCUT2D eigenvalue weighted by molar-refractivity contribution is 9.70. The number of halogens is 5. The lowest BCUT2D eigenvalue weighted by Crippen LogP contribution is -2.17. The molecule has 0 aliphatic carbocycles. The Bertz CT molecular complexity index is 583. The van der Waals surface area contributed by atoms with Gasteiger partial charge in [-0.05, 0) is 54.6 Å². The maximum absolute atomic E-state index is 13.1. The van der Waals surface area contributed by atoms with Crippen molar-refractivity contribution in [2.75, 3.05) is 0 Å². The highest BCUT2D eigenvalue weighted by Gasteiger charge is 2.34. The normalized spacial score (nSPS) is 11.9. The van der Waals surface area contributed by atoms with Crippen molar-refractivity contribution in [2.45, 2.75) is 12.6 Å². The first-order valence-corrected chi connectivity index (χ1v) is 11.1. The second-order valence-electron chi connectivity index (χ2n) is 4.24. The molecule has 0 spiro atoms. The zero-order chi connectivity index (χ0) is 14.8. The van der Waals surface area contributed by atoms with E-state index in [9.17, 15) is 13.2 Å². The number of hydrogen-bond donors (Lipinski definition) is 0. The molecule has 0 nitrogen and oxygen atoms in total. The molecule has 0 heterocycles. The van der Waals surface area contributed by atoms with Gasteiger partial charge in [-0.3, -0.25) is 0 Å². The van der Waals surface area contributed by atoms with Gasteiger partial charge in [-0.2, -0.15) is 13.2 Å². The fraction of sp³-hybridized carbons (Fsp3) is 0.143. The van der Waals surface area contributed by atoms with E-state index in [2.05, 4.69) is 31.0 Å². The third-order valence-corrected chi connectivity index (χ3v) is 5.85. The Kier molecular flexibility index (Phi) is 5.27. The van der Waals surface area contributed by atoms with Gasteiger partial charge < -0.3 is 0 Å². The SMILES string of the molecule is FC(F)(F)c1cc(Cc2ccccc2)ccc1P(Br)Br. The highest BCUT2D eigenvalue weighted by atomic mass is 79.9. The van der Waals surface area contributed by atoms with Crippen molar-refractivity contribution >= 4 is 41.6 Å². The van der Waals surface area contributed by atoms with Crippen molar-refractivity contribution in [1.82, 2.24) is 0 Å². The summed E-state index contributed by atoms with van der Waals surface area (Å²) in [6.07, 6.45) is -3.85. The molecule has 2 aromatic rings. The third kappa shape index (κ3) is 4.06. The molecule has 0 amide bonds. The number of benzene rings is 2. The molecule has 0 aromatic heterocycles. The monoisotopic (exact) mass is 424 g/mol. The fourth-order valence-electron chi connectivity index (χ4n) is 1.90. The van der Waals surface area contributed by atoms with Crippen molar-refractivity contribution in [2.24, 2.45) is 0 Å². The standard InChI is InChI=1S/C14H10Br2F3P/c15-20(16)13-7-6-11(9-12(13)14(17,18)19)8-10-4-2-1-3-5-10/h1-7,9H,8H2. The molecule has 0 saturated heterocycles. The van der Waals surface area contributed by atoms with E-state index in [0.29, 0.717) is 12.0 Å². The maximum atomic E-state index is 13.1. The van der Waals surface area contributed by atoms with Crippen molar-refractivity contribution < 1.29 is 13.2 Å². The van der Waals surface area contributed by atoms with E-state index in [1.54, 1.807) is 6.07 Å². The first-order valence-electron chi connectivity index (χ1n) is 5.73. The summed E-state index contributed by atoms with van der Waals surface area (Å²) < 4.78 is 39.3. The van der Waals surface area contributed by atoms with Crippen molar-refractivity contribution in [1.29, 1.82) is 0 Å². The molecular weight excluding hydrogens is 416 g/mol. The van der Waals surface area contributed by atoms with Gasteiger partial charge in [0, 0.05) is 5.30 Å². The predicted molar refractivity (Wildman–Crippen MR) is 85.1 cm³/mol. The highest BCUT2D eigenvalue weighted by Crippen LogP contribution is 2.53. The van der Waals surface area contributed by atoms with Gasteiger partial charge in [0.1, 0.15) is 0 Å². The topological polar surface area (TPSA) is 0 Å². The van der Waals surface area contributed by atoms with Crippen LogP contribution in [-0.2, 0) is 12.6 Å². The fourth-order valence-corrected chi connectivity index (χ4v) is 4.32. The maximum Gasteiger partial charge on any atom is 0.417 e. The zero-order valence-corrected chi connectivity index (χ0v) is 14.2. The van der Waals surface area contributed by atoms with Crippen molar-refractivity contribution in [3.8, 4) is 0 Å². The Morgan fingerprint density at radius 2 is 1.55 bits per heavy atom. The van der Waals surface area contributed by atoms with Gasteiger partial charge in [-0.25, -0.2) is 0 Å². The molecule has 0 aliphatic rings. The van der Waals surface area contributed by atoms with Gasteiger partial charge in [0.25, 0.3) is 0 Å². The lowest BCUT2D eigenvalue weighted by Gasteiger charge is -2.15. The average Bonchev–Trinajstić information content (AvgIpc) is 2.38. The Hall–Kier alpha value is -0.380. The quantitative estimate of drug-likeness (QED) is 0.527. The van der Waals surface area contributed by atoms with Gasteiger partial charge in [0.05, 0.1) is 10.9 Å². The summed E-state index contributed by atoms with van der Waals surface area (Å²) in [6.45, 7) is 0. The third-order valence-electron chi connectivity index (χ3n) is 2.80. The van der Waals surface area contributed by atoms with Crippen LogP contribution >= 0.6 is 36.3 Å². The van der Waals surface area contributed by atoms with E-state index < -0.39 is 17.1 Å². The largest absolute Gasteiger partial charge is 0.417 e. The number of rotatable bonds is 3. The molecule has 0 fully saturated rings. The van der Waals surface area contributed by atoms with Crippen molar-refractivity contribution in [3.63, 3.8) is 0 Å². The summed E-state index contributed by atoms with van der Waals surface area (Å²) in [7, 11) is 0. The first-order chi connectivity index (χ1) is 9.38. The molecule has 2 rings (SSSR count). The van der Waals surface area contributed by atoms with Gasteiger partial charge >= 0.3 is 6.18 Å². The smallest absolute Gasteiger partial charge is 0.166 e. The molecule has 20 heavy (non-hydrogen) atoms. The van der Waals surface area contributed by atoms with Crippen LogP contribution in [0, 0.1) is 0 Å². The summed E-state index contributed by atoms with van der Waals surface area (Å²) in [5.41, 5.74) is 1.07. The molecule has 2 aromatic carbocycles. The molecule has 106 valence electrons. The average molecular weight is 426 g/mol.